The summed E-state index contributed by atoms with van der Waals surface area (Å²) < 4.78 is 5.12. The monoisotopic (exact) mass is 280 g/mol. The summed E-state index contributed by atoms with van der Waals surface area (Å²) in [6.45, 7) is 11.8. The third kappa shape index (κ3) is 2.24. The summed E-state index contributed by atoms with van der Waals surface area (Å²) in [6, 6.07) is 0.401. The quantitative estimate of drug-likeness (QED) is 0.833. The molecule has 2 rings (SSSR count). The zero-order valence-corrected chi connectivity index (χ0v) is 13.3. The first-order valence-corrected chi connectivity index (χ1v) is 7.63. The van der Waals surface area contributed by atoms with Gasteiger partial charge in [0, 0.05) is 12.6 Å². The highest BCUT2D eigenvalue weighted by atomic mass is 32.1. The molecule has 0 amide bonds. The van der Waals surface area contributed by atoms with Gasteiger partial charge >= 0.3 is 0 Å². The van der Waals surface area contributed by atoms with Crippen molar-refractivity contribution >= 4 is 23.4 Å². The van der Waals surface area contributed by atoms with E-state index in [1.165, 1.54) is 12.8 Å². The van der Waals surface area contributed by atoms with Crippen molar-refractivity contribution in [3.63, 3.8) is 0 Å². The van der Waals surface area contributed by atoms with Crippen LogP contribution >= 0.6 is 12.2 Å². The van der Waals surface area contributed by atoms with Gasteiger partial charge < -0.3 is 4.98 Å². The largest absolute Gasteiger partial charge is 0.328 e. The SMILES string of the molecule is CCC(CC)C(C)n1c(=S)[nH]c2c(C)nn(CC)c21. The number of nitrogens with one attached hydrogen (secondary N) is 1. The molecule has 0 aliphatic heterocycles. The van der Waals surface area contributed by atoms with Crippen molar-refractivity contribution in [2.24, 2.45) is 5.92 Å². The maximum atomic E-state index is 5.53. The number of nitrogens with zero attached hydrogens (tertiary/aromatic N) is 3. The zero-order valence-electron chi connectivity index (χ0n) is 12.5. The fraction of sp³-hybridized carbons (Fsp3) is 0.714. The van der Waals surface area contributed by atoms with E-state index in [9.17, 15) is 0 Å². The van der Waals surface area contributed by atoms with E-state index in [-0.39, 0.29) is 0 Å². The highest BCUT2D eigenvalue weighted by molar-refractivity contribution is 7.71. The number of H-pyrrole nitrogens is 1. The summed E-state index contributed by atoms with van der Waals surface area (Å²) in [6.07, 6.45) is 2.34. The molecule has 0 spiro atoms. The number of aromatic nitrogens is 4. The highest BCUT2D eigenvalue weighted by Gasteiger charge is 2.22. The van der Waals surface area contributed by atoms with Gasteiger partial charge in [-0.1, -0.05) is 26.7 Å². The lowest BCUT2D eigenvalue weighted by Gasteiger charge is -2.23. The molecule has 5 heteroatoms. The van der Waals surface area contributed by atoms with Crippen molar-refractivity contribution in [3.8, 4) is 0 Å². The molecule has 0 aliphatic rings. The molecule has 0 aromatic carbocycles. The van der Waals surface area contributed by atoms with Gasteiger partial charge in [0.15, 0.2) is 10.4 Å². The van der Waals surface area contributed by atoms with E-state index >= 15 is 0 Å². The smallest absolute Gasteiger partial charge is 0.179 e. The Bertz CT molecular complexity index is 615. The lowest BCUT2D eigenvalue weighted by Crippen LogP contribution is -2.17. The molecule has 0 fully saturated rings. The van der Waals surface area contributed by atoms with E-state index in [1.54, 1.807) is 0 Å². The van der Waals surface area contributed by atoms with Crippen LogP contribution in [0.1, 0.15) is 52.3 Å². The number of hydrogen-bond acceptors (Lipinski definition) is 2. The minimum atomic E-state index is 0.401. The molecular weight excluding hydrogens is 256 g/mol. The van der Waals surface area contributed by atoms with Crippen molar-refractivity contribution < 1.29 is 0 Å². The first-order valence-electron chi connectivity index (χ1n) is 7.22. The van der Waals surface area contributed by atoms with E-state index in [0.717, 1.165) is 28.2 Å². The van der Waals surface area contributed by atoms with Crippen LogP contribution in [0.3, 0.4) is 0 Å². The molecule has 0 aliphatic carbocycles. The van der Waals surface area contributed by atoms with E-state index in [4.69, 9.17) is 12.2 Å². The first-order chi connectivity index (χ1) is 9.04. The van der Waals surface area contributed by atoms with Crippen LogP contribution in [-0.2, 0) is 6.54 Å². The Hall–Kier alpha value is -1.10. The maximum Gasteiger partial charge on any atom is 0.179 e. The number of hydrogen-bond donors (Lipinski definition) is 1. The summed E-state index contributed by atoms with van der Waals surface area (Å²) in [7, 11) is 0. The number of rotatable bonds is 5. The maximum absolute atomic E-state index is 5.53. The number of aryl methyl sites for hydroxylation is 2. The molecule has 1 unspecified atom stereocenters. The molecule has 19 heavy (non-hydrogen) atoms. The van der Waals surface area contributed by atoms with Gasteiger partial charge in [0.25, 0.3) is 0 Å². The summed E-state index contributed by atoms with van der Waals surface area (Å²) in [4.78, 5) is 3.33. The van der Waals surface area contributed by atoms with Gasteiger partial charge in [-0.25, -0.2) is 4.68 Å². The summed E-state index contributed by atoms with van der Waals surface area (Å²) in [5.74, 6) is 0.645. The van der Waals surface area contributed by atoms with E-state index in [1.807, 2.05) is 6.92 Å². The van der Waals surface area contributed by atoms with Crippen LogP contribution < -0.4 is 0 Å². The molecule has 0 radical (unpaired) electrons. The van der Waals surface area contributed by atoms with Crippen molar-refractivity contribution in [2.45, 2.75) is 60.0 Å². The third-order valence-electron chi connectivity index (χ3n) is 4.22. The van der Waals surface area contributed by atoms with Crippen LogP contribution in [0.2, 0.25) is 0 Å². The van der Waals surface area contributed by atoms with Crippen LogP contribution in [0.4, 0.5) is 0 Å². The minimum absolute atomic E-state index is 0.401. The normalized spacial score (nSPS) is 13.6. The zero-order chi connectivity index (χ0) is 14.2. The van der Waals surface area contributed by atoms with Crippen LogP contribution in [0, 0.1) is 17.6 Å². The molecule has 0 saturated heterocycles. The lowest BCUT2D eigenvalue weighted by atomic mass is 9.95. The van der Waals surface area contributed by atoms with Gasteiger partial charge in [0.1, 0.15) is 5.52 Å². The minimum Gasteiger partial charge on any atom is -0.328 e. The second kappa shape index (κ2) is 5.49. The van der Waals surface area contributed by atoms with Gasteiger partial charge in [-0.3, -0.25) is 4.57 Å². The fourth-order valence-corrected chi connectivity index (χ4v) is 3.36. The molecule has 1 atom stereocenters. The van der Waals surface area contributed by atoms with Crippen molar-refractivity contribution in [1.82, 2.24) is 19.3 Å². The van der Waals surface area contributed by atoms with Crippen LogP contribution in [0.25, 0.3) is 11.2 Å². The molecule has 2 heterocycles. The van der Waals surface area contributed by atoms with Crippen molar-refractivity contribution in [1.29, 1.82) is 0 Å². The van der Waals surface area contributed by atoms with Gasteiger partial charge in [0.2, 0.25) is 0 Å². The average molecular weight is 280 g/mol. The van der Waals surface area contributed by atoms with Crippen LogP contribution in [-0.4, -0.2) is 19.3 Å². The second-order valence-electron chi connectivity index (χ2n) is 5.22. The van der Waals surface area contributed by atoms with Gasteiger partial charge in [-0.05, 0) is 38.9 Å². The summed E-state index contributed by atoms with van der Waals surface area (Å²) in [5.41, 5.74) is 3.26. The molecular formula is C14H24N4S. The number of aromatic amines is 1. The summed E-state index contributed by atoms with van der Waals surface area (Å²) in [5, 5.41) is 4.58. The predicted molar refractivity (Wildman–Crippen MR) is 82.1 cm³/mol. The van der Waals surface area contributed by atoms with Crippen LogP contribution in [0.15, 0.2) is 0 Å². The standard InChI is InChI=1S/C14H24N4S/c1-6-11(7-2)10(5)18-13-12(15-14(18)19)9(4)16-17(13)8-3/h10-11H,6-8H2,1-5H3,(H,15,19). The van der Waals surface area contributed by atoms with Crippen molar-refractivity contribution in [2.75, 3.05) is 0 Å². The van der Waals surface area contributed by atoms with Gasteiger partial charge in [-0.2, -0.15) is 5.10 Å². The molecule has 4 nitrogen and oxygen atoms in total. The Labute approximate surface area is 119 Å². The topological polar surface area (TPSA) is 38.5 Å². The van der Waals surface area contributed by atoms with E-state index in [2.05, 4.69) is 47.0 Å². The first kappa shape index (κ1) is 14.3. The molecule has 0 saturated carbocycles. The number of imidazole rings is 1. The van der Waals surface area contributed by atoms with Crippen LogP contribution in [0.5, 0.6) is 0 Å². The van der Waals surface area contributed by atoms with Gasteiger partial charge in [-0.15, -0.1) is 0 Å². The molecule has 1 N–H and O–H groups in total. The predicted octanol–water partition coefficient (Wildman–Crippen LogP) is 4.22. The average Bonchev–Trinajstić information content (AvgIpc) is 2.88. The van der Waals surface area contributed by atoms with E-state index in [0.29, 0.717) is 12.0 Å². The fourth-order valence-electron chi connectivity index (χ4n) is 3.00. The Balaban J connectivity index is 2.65. The lowest BCUT2D eigenvalue weighted by molar-refractivity contribution is 0.333. The third-order valence-corrected chi connectivity index (χ3v) is 4.52. The van der Waals surface area contributed by atoms with E-state index < -0.39 is 0 Å². The highest BCUT2D eigenvalue weighted by Crippen LogP contribution is 2.29. The molecule has 106 valence electrons. The second-order valence-corrected chi connectivity index (χ2v) is 5.60. The molecule has 2 aromatic heterocycles. The Kier molecular flexibility index (Phi) is 4.13. The van der Waals surface area contributed by atoms with Gasteiger partial charge in [0.05, 0.1) is 5.69 Å². The van der Waals surface area contributed by atoms with Crippen molar-refractivity contribution in [3.05, 3.63) is 10.5 Å². The Morgan fingerprint density at radius 2 is 1.89 bits per heavy atom. The molecule has 0 bridgehead atoms. The number of fused-ring (bicyclic) bond motifs is 1. The molecule has 2 aromatic rings. The summed E-state index contributed by atoms with van der Waals surface area (Å²) >= 11 is 5.53. The Morgan fingerprint density at radius 3 is 2.42 bits per heavy atom. The Morgan fingerprint density at radius 1 is 1.26 bits per heavy atom.